The van der Waals surface area contributed by atoms with Gasteiger partial charge in [-0.2, -0.15) is 0 Å². The number of H-pyrrole nitrogens is 1. The minimum absolute atomic E-state index is 0.501. The maximum absolute atomic E-state index is 5.57. The van der Waals surface area contributed by atoms with Gasteiger partial charge in [-0.05, 0) is 13.8 Å². The van der Waals surface area contributed by atoms with Crippen molar-refractivity contribution >= 4 is 29.5 Å². The van der Waals surface area contributed by atoms with E-state index >= 15 is 0 Å². The molecule has 0 atom stereocenters. The second-order valence-electron chi connectivity index (χ2n) is 6.34. The van der Waals surface area contributed by atoms with E-state index in [0.29, 0.717) is 45.3 Å². The van der Waals surface area contributed by atoms with Crippen LogP contribution in [0.1, 0.15) is 22.8 Å². The van der Waals surface area contributed by atoms with Gasteiger partial charge in [0.15, 0.2) is 17.2 Å². The average molecular weight is 418 g/mol. The third-order valence-electron chi connectivity index (χ3n) is 4.32. The van der Waals surface area contributed by atoms with E-state index in [9.17, 15) is 0 Å². The van der Waals surface area contributed by atoms with E-state index in [1.807, 2.05) is 26.0 Å². The maximum Gasteiger partial charge on any atom is 0.190 e. The maximum atomic E-state index is 5.57. The molecule has 0 amide bonds. The third kappa shape index (κ3) is 3.72. The number of fused-ring (bicyclic) bond motifs is 1. The molecule has 0 aliphatic heterocycles. The summed E-state index contributed by atoms with van der Waals surface area (Å²) >= 11 is 5.25. The number of nitrogens with one attached hydrogen (secondary N) is 1. The molecule has 30 heavy (non-hydrogen) atoms. The minimum atomic E-state index is 0.501. The van der Waals surface area contributed by atoms with Gasteiger partial charge >= 0.3 is 0 Å². The van der Waals surface area contributed by atoms with Crippen molar-refractivity contribution in [1.29, 1.82) is 0 Å². The second-order valence-corrected chi connectivity index (χ2v) is 6.75. The van der Waals surface area contributed by atoms with E-state index in [2.05, 4.69) is 41.5 Å². The highest BCUT2D eigenvalue weighted by molar-refractivity contribution is 7.71. The third-order valence-corrected chi connectivity index (χ3v) is 4.68. The normalized spacial score (nSPS) is 11.3. The number of hydrogen-bond acceptors (Lipinski definition) is 8. The molecule has 0 aliphatic carbocycles. The summed E-state index contributed by atoms with van der Waals surface area (Å²) < 4.78 is 7.96. The molecular weight excluding hydrogens is 400 g/mol. The molecule has 0 unspecified atom stereocenters. The smallest absolute Gasteiger partial charge is 0.190 e. The summed E-state index contributed by atoms with van der Waals surface area (Å²) in [5.74, 6) is 1.66. The molecule has 0 bridgehead atoms. The van der Waals surface area contributed by atoms with Crippen LogP contribution in [0.4, 0.5) is 0 Å². The Morgan fingerprint density at radius 1 is 1.23 bits per heavy atom. The minimum Gasteiger partial charge on any atom is -0.460 e. The van der Waals surface area contributed by atoms with Crippen molar-refractivity contribution in [3.63, 3.8) is 0 Å². The van der Waals surface area contributed by atoms with Gasteiger partial charge in [0.1, 0.15) is 28.6 Å². The number of ether oxygens (including phenoxy) is 1. The number of aryl methyl sites for hydroxylation is 2. The molecule has 0 radical (unpaired) electrons. The first-order chi connectivity index (χ1) is 14.6. The van der Waals surface area contributed by atoms with Gasteiger partial charge in [0, 0.05) is 18.2 Å². The van der Waals surface area contributed by atoms with Crippen LogP contribution < -0.4 is 4.74 Å². The van der Waals surface area contributed by atoms with Crippen molar-refractivity contribution in [2.75, 3.05) is 0 Å². The van der Waals surface area contributed by atoms with Gasteiger partial charge in [-0.1, -0.05) is 30.9 Å². The lowest BCUT2D eigenvalue weighted by Gasteiger charge is -2.11. The van der Waals surface area contributed by atoms with Gasteiger partial charge in [0.25, 0.3) is 0 Å². The van der Waals surface area contributed by atoms with Crippen LogP contribution in [0.2, 0.25) is 0 Å². The average Bonchev–Trinajstić information content (AvgIpc) is 3.16. The Morgan fingerprint density at radius 3 is 2.90 bits per heavy atom. The first-order valence-electron chi connectivity index (χ1n) is 9.08. The zero-order valence-corrected chi connectivity index (χ0v) is 17.2. The highest BCUT2D eigenvalue weighted by Crippen LogP contribution is 2.27. The predicted molar refractivity (Wildman–Crippen MR) is 115 cm³/mol. The van der Waals surface area contributed by atoms with Crippen molar-refractivity contribution < 1.29 is 4.74 Å². The lowest BCUT2D eigenvalue weighted by atomic mass is 10.2. The van der Waals surface area contributed by atoms with E-state index in [1.54, 1.807) is 23.4 Å². The molecule has 4 aromatic heterocycles. The largest absolute Gasteiger partial charge is 0.460 e. The van der Waals surface area contributed by atoms with Gasteiger partial charge in [-0.25, -0.2) is 29.9 Å². The summed E-state index contributed by atoms with van der Waals surface area (Å²) in [7, 11) is 0. The zero-order chi connectivity index (χ0) is 21.1. The number of aromatic nitrogens is 8. The molecule has 0 aromatic carbocycles. The van der Waals surface area contributed by atoms with E-state index in [1.165, 1.54) is 12.6 Å². The quantitative estimate of drug-likeness (QED) is 0.375. The summed E-state index contributed by atoms with van der Waals surface area (Å²) in [4.78, 5) is 29.2. The zero-order valence-electron chi connectivity index (χ0n) is 16.4. The van der Waals surface area contributed by atoms with Crippen LogP contribution in [0.15, 0.2) is 44.1 Å². The van der Waals surface area contributed by atoms with Gasteiger partial charge in [0.2, 0.25) is 0 Å². The molecule has 150 valence electrons. The summed E-state index contributed by atoms with van der Waals surface area (Å²) in [6, 6.07) is 0. The topological polar surface area (TPSA) is 107 Å². The van der Waals surface area contributed by atoms with Crippen molar-refractivity contribution in [2.45, 2.75) is 20.3 Å². The molecular formula is C20H18N8OS. The lowest BCUT2D eigenvalue weighted by Crippen LogP contribution is -2.06. The van der Waals surface area contributed by atoms with Crippen LogP contribution in [-0.2, 0) is 6.42 Å². The number of hydrogen-bond donors (Lipinski definition) is 1. The molecule has 1 N–H and O–H groups in total. The van der Waals surface area contributed by atoms with Gasteiger partial charge in [0.05, 0.1) is 24.0 Å². The Bertz CT molecular complexity index is 1320. The Labute approximate surface area is 177 Å². The fraction of sp³-hybridized carbons (Fsp3) is 0.150. The number of imidazole rings is 1. The fourth-order valence-corrected chi connectivity index (χ4v) is 3.20. The van der Waals surface area contributed by atoms with Crippen LogP contribution in [0.3, 0.4) is 0 Å². The van der Waals surface area contributed by atoms with E-state index in [-0.39, 0.29) is 0 Å². The Hall–Kier alpha value is -3.79. The van der Waals surface area contributed by atoms with Crippen molar-refractivity contribution in [2.24, 2.45) is 0 Å². The standard InChI is InChI=1S/C20H18N8OS/c1-4-29-17-12(2)26-13(3)27-19(17)28-11-25-16-15(22-10-23-18(16)28)7-5-6-14-8-21-9-24-20(14)30/h4-6,8-11H,1,7H2,2-3H3,(H,21,24,30)/b6-5-. The Morgan fingerprint density at radius 2 is 2.10 bits per heavy atom. The SMILES string of the molecule is C=COc1c(C)nc(C)nc1-n1cnc2c(C/C=C\c3cnc[nH]c3=S)ncnc21. The predicted octanol–water partition coefficient (Wildman–Crippen LogP) is 3.45. The summed E-state index contributed by atoms with van der Waals surface area (Å²) in [5.41, 5.74) is 3.61. The van der Waals surface area contributed by atoms with Crippen LogP contribution in [0, 0.1) is 18.5 Å². The molecule has 0 spiro atoms. The van der Waals surface area contributed by atoms with Gasteiger partial charge in [-0.15, -0.1) is 0 Å². The van der Waals surface area contributed by atoms with Gasteiger partial charge < -0.3 is 9.72 Å². The van der Waals surface area contributed by atoms with Crippen LogP contribution in [-0.4, -0.2) is 39.5 Å². The van der Waals surface area contributed by atoms with Crippen LogP contribution in [0.25, 0.3) is 23.1 Å². The number of aromatic amines is 1. The highest BCUT2D eigenvalue weighted by Gasteiger charge is 2.18. The molecule has 0 aliphatic rings. The first-order valence-corrected chi connectivity index (χ1v) is 9.48. The molecule has 0 fully saturated rings. The second kappa shape index (κ2) is 8.29. The molecule has 4 aromatic rings. The summed E-state index contributed by atoms with van der Waals surface area (Å²) in [6.45, 7) is 7.31. The van der Waals surface area contributed by atoms with Crippen molar-refractivity contribution in [1.82, 2.24) is 39.5 Å². The monoisotopic (exact) mass is 418 g/mol. The van der Waals surface area contributed by atoms with E-state index < -0.39 is 0 Å². The molecule has 4 rings (SSSR count). The molecule has 0 saturated carbocycles. The Balaban J connectivity index is 1.74. The van der Waals surface area contributed by atoms with Gasteiger partial charge in [-0.3, -0.25) is 4.57 Å². The number of allylic oxidation sites excluding steroid dienone is 1. The Kier molecular flexibility index (Phi) is 5.40. The van der Waals surface area contributed by atoms with E-state index in [0.717, 1.165) is 11.3 Å². The number of rotatable bonds is 6. The number of nitrogens with zero attached hydrogens (tertiary/aromatic N) is 7. The highest BCUT2D eigenvalue weighted by atomic mass is 32.1. The lowest BCUT2D eigenvalue weighted by molar-refractivity contribution is 0.469. The van der Waals surface area contributed by atoms with E-state index in [4.69, 9.17) is 17.0 Å². The van der Waals surface area contributed by atoms with Crippen LogP contribution in [0.5, 0.6) is 5.75 Å². The fourth-order valence-electron chi connectivity index (χ4n) is 3.03. The summed E-state index contributed by atoms with van der Waals surface area (Å²) in [5, 5.41) is 0. The summed E-state index contributed by atoms with van der Waals surface area (Å²) in [6.07, 6.45) is 12.2. The molecule has 10 heteroatoms. The molecule has 4 heterocycles. The molecule has 0 saturated heterocycles. The van der Waals surface area contributed by atoms with Crippen LogP contribution >= 0.6 is 12.2 Å². The van der Waals surface area contributed by atoms with Crippen molar-refractivity contribution in [3.05, 3.63) is 71.5 Å². The first kappa shape index (κ1) is 19.5. The molecule has 9 nitrogen and oxygen atoms in total. The van der Waals surface area contributed by atoms with Crippen molar-refractivity contribution in [3.8, 4) is 11.6 Å².